The van der Waals surface area contributed by atoms with Crippen LogP contribution in [0.2, 0.25) is 0 Å². The molecule has 0 aliphatic carbocycles. The number of anilines is 1. The smallest absolute Gasteiger partial charge is 0.103 e. The molecule has 0 saturated carbocycles. The van der Waals surface area contributed by atoms with Gasteiger partial charge in [-0.15, -0.1) is 11.3 Å². The molecule has 0 fully saturated rings. The van der Waals surface area contributed by atoms with Crippen LogP contribution in [0, 0.1) is 11.3 Å². The van der Waals surface area contributed by atoms with Crippen molar-refractivity contribution in [1.82, 2.24) is 4.98 Å². The molecule has 2 aromatic rings. The van der Waals surface area contributed by atoms with Gasteiger partial charge in [0.05, 0.1) is 21.5 Å². The molecule has 0 amide bonds. The monoisotopic (exact) mass is 190 g/mol. The Kier molecular flexibility index (Phi) is 1.85. The number of rotatable bonds is 1. The zero-order chi connectivity index (χ0) is 9.26. The summed E-state index contributed by atoms with van der Waals surface area (Å²) < 4.78 is 0.918. The number of aromatic nitrogens is 1. The van der Waals surface area contributed by atoms with Crippen molar-refractivity contribution in [3.05, 3.63) is 23.2 Å². The largest absolute Gasteiger partial charge is 0.322 e. The lowest BCUT2D eigenvalue weighted by Crippen LogP contribution is -2.08. The van der Waals surface area contributed by atoms with Gasteiger partial charge in [0.1, 0.15) is 6.07 Å². The Balaban J connectivity index is 2.84. The number of nitrogens with two attached hydrogens (primary N) is 1. The maximum Gasteiger partial charge on any atom is 0.103 e. The fourth-order valence-corrected chi connectivity index (χ4v) is 2.00. The van der Waals surface area contributed by atoms with E-state index in [2.05, 4.69) is 10.4 Å². The van der Waals surface area contributed by atoms with Crippen molar-refractivity contribution in [2.75, 3.05) is 5.43 Å². The highest BCUT2D eigenvalue weighted by Crippen LogP contribution is 2.28. The summed E-state index contributed by atoms with van der Waals surface area (Å²) in [6, 6.07) is 3.92. The van der Waals surface area contributed by atoms with E-state index in [1.807, 2.05) is 17.5 Å². The Hall–Kier alpha value is -1.64. The molecule has 13 heavy (non-hydrogen) atoms. The third-order valence-corrected chi connectivity index (χ3v) is 2.66. The second-order valence-electron chi connectivity index (χ2n) is 2.44. The molecular weight excluding hydrogens is 184 g/mol. The topological polar surface area (TPSA) is 74.7 Å². The molecule has 0 saturated heterocycles. The lowest BCUT2D eigenvalue weighted by atomic mass is 10.2. The van der Waals surface area contributed by atoms with E-state index in [-0.39, 0.29) is 0 Å². The van der Waals surface area contributed by atoms with E-state index in [0.717, 1.165) is 10.2 Å². The number of hydrogen-bond acceptors (Lipinski definition) is 5. The molecule has 0 radical (unpaired) electrons. The summed E-state index contributed by atoms with van der Waals surface area (Å²) in [5.74, 6) is 5.33. The molecule has 64 valence electrons. The van der Waals surface area contributed by atoms with Crippen molar-refractivity contribution in [1.29, 1.82) is 5.26 Å². The zero-order valence-electron chi connectivity index (χ0n) is 6.61. The normalized spacial score (nSPS) is 9.85. The van der Waals surface area contributed by atoms with E-state index in [4.69, 9.17) is 11.1 Å². The van der Waals surface area contributed by atoms with E-state index in [9.17, 15) is 0 Å². The molecule has 0 aliphatic heterocycles. The number of pyridine rings is 1. The van der Waals surface area contributed by atoms with Gasteiger partial charge in [-0.3, -0.25) is 10.8 Å². The van der Waals surface area contributed by atoms with Gasteiger partial charge in [0.15, 0.2) is 0 Å². The van der Waals surface area contributed by atoms with Crippen LogP contribution in [0.3, 0.4) is 0 Å². The van der Waals surface area contributed by atoms with Crippen LogP contribution < -0.4 is 11.3 Å². The third kappa shape index (κ3) is 1.13. The number of thiophene rings is 1. The SMILES string of the molecule is N#Cc1cnc2ccsc2c1NN. The number of nitrogen functional groups attached to an aromatic ring is 1. The predicted octanol–water partition coefficient (Wildman–Crippen LogP) is 1.45. The van der Waals surface area contributed by atoms with Crippen molar-refractivity contribution in [2.24, 2.45) is 5.84 Å². The van der Waals surface area contributed by atoms with Gasteiger partial charge in [-0.2, -0.15) is 5.26 Å². The Morgan fingerprint density at radius 1 is 1.62 bits per heavy atom. The molecule has 5 heteroatoms. The third-order valence-electron chi connectivity index (χ3n) is 1.74. The molecule has 2 rings (SSSR count). The van der Waals surface area contributed by atoms with Crippen molar-refractivity contribution >= 4 is 27.2 Å². The molecule has 3 N–H and O–H groups in total. The number of hydrogen-bond donors (Lipinski definition) is 2. The van der Waals surface area contributed by atoms with Crippen LogP contribution in [0.5, 0.6) is 0 Å². The van der Waals surface area contributed by atoms with E-state index in [1.165, 1.54) is 17.5 Å². The van der Waals surface area contributed by atoms with Gasteiger partial charge < -0.3 is 5.43 Å². The van der Waals surface area contributed by atoms with Crippen molar-refractivity contribution in [3.8, 4) is 6.07 Å². The number of fused-ring (bicyclic) bond motifs is 1. The number of nitrogens with one attached hydrogen (secondary N) is 1. The minimum Gasteiger partial charge on any atom is -0.322 e. The van der Waals surface area contributed by atoms with Crippen LogP contribution in [-0.2, 0) is 0 Å². The first-order chi connectivity index (χ1) is 6.36. The molecular formula is C8H6N4S. The highest BCUT2D eigenvalue weighted by atomic mass is 32.1. The number of nitriles is 1. The maximum atomic E-state index is 8.77. The second-order valence-corrected chi connectivity index (χ2v) is 3.35. The summed E-state index contributed by atoms with van der Waals surface area (Å²) in [6.45, 7) is 0. The van der Waals surface area contributed by atoms with E-state index in [1.54, 1.807) is 0 Å². The first-order valence-electron chi connectivity index (χ1n) is 3.59. The summed E-state index contributed by atoms with van der Waals surface area (Å²) in [7, 11) is 0. The Bertz CT molecular complexity index is 482. The van der Waals surface area contributed by atoms with Gasteiger partial charge in [0.2, 0.25) is 0 Å². The van der Waals surface area contributed by atoms with Crippen molar-refractivity contribution < 1.29 is 0 Å². The molecule has 2 heterocycles. The Morgan fingerprint density at radius 3 is 3.15 bits per heavy atom. The molecule has 2 aromatic heterocycles. The average Bonchev–Trinajstić information content (AvgIpc) is 2.63. The summed E-state index contributed by atoms with van der Waals surface area (Å²) in [5.41, 5.74) is 4.51. The molecule has 4 nitrogen and oxygen atoms in total. The highest BCUT2D eigenvalue weighted by molar-refractivity contribution is 7.17. The molecule has 0 unspecified atom stereocenters. The van der Waals surface area contributed by atoms with Crippen LogP contribution in [0.15, 0.2) is 17.6 Å². The van der Waals surface area contributed by atoms with Crippen LogP contribution in [0.1, 0.15) is 5.56 Å². The van der Waals surface area contributed by atoms with Gasteiger partial charge in [-0.1, -0.05) is 0 Å². The van der Waals surface area contributed by atoms with Gasteiger partial charge in [0, 0.05) is 6.20 Å². The van der Waals surface area contributed by atoms with Gasteiger partial charge in [-0.05, 0) is 11.4 Å². The molecule has 0 aliphatic rings. The van der Waals surface area contributed by atoms with E-state index >= 15 is 0 Å². The fourth-order valence-electron chi connectivity index (χ4n) is 1.14. The minimum atomic E-state index is 0.470. The van der Waals surface area contributed by atoms with Crippen molar-refractivity contribution in [3.63, 3.8) is 0 Å². The van der Waals surface area contributed by atoms with Gasteiger partial charge in [0.25, 0.3) is 0 Å². The average molecular weight is 190 g/mol. The molecule has 0 spiro atoms. The quantitative estimate of drug-likeness (QED) is 0.527. The van der Waals surface area contributed by atoms with Crippen LogP contribution in [0.25, 0.3) is 10.2 Å². The maximum absolute atomic E-state index is 8.77. The highest BCUT2D eigenvalue weighted by Gasteiger charge is 2.07. The standard InChI is InChI=1S/C8H6N4S/c9-3-5-4-11-6-1-2-13-8(6)7(5)12-10/h1-2,4H,10H2,(H,11,12). The lowest BCUT2D eigenvalue weighted by Gasteiger charge is -2.02. The molecule has 0 atom stereocenters. The Morgan fingerprint density at radius 2 is 2.46 bits per heavy atom. The van der Waals surface area contributed by atoms with Crippen LogP contribution in [-0.4, -0.2) is 4.98 Å². The minimum absolute atomic E-state index is 0.470. The summed E-state index contributed by atoms with van der Waals surface area (Å²) >= 11 is 1.51. The van der Waals surface area contributed by atoms with E-state index in [0.29, 0.717) is 11.3 Å². The molecule has 0 aromatic carbocycles. The molecule has 0 bridgehead atoms. The summed E-state index contributed by atoms with van der Waals surface area (Å²) in [5, 5.41) is 10.7. The van der Waals surface area contributed by atoms with Gasteiger partial charge in [-0.25, -0.2) is 0 Å². The number of nitrogens with zero attached hydrogens (tertiary/aromatic N) is 2. The van der Waals surface area contributed by atoms with E-state index < -0.39 is 0 Å². The zero-order valence-corrected chi connectivity index (χ0v) is 7.43. The summed E-state index contributed by atoms with van der Waals surface area (Å²) in [6.07, 6.45) is 1.52. The van der Waals surface area contributed by atoms with Crippen molar-refractivity contribution in [2.45, 2.75) is 0 Å². The van der Waals surface area contributed by atoms with Crippen LogP contribution in [0.4, 0.5) is 5.69 Å². The lowest BCUT2D eigenvalue weighted by molar-refractivity contribution is 1.32. The fraction of sp³-hybridized carbons (Fsp3) is 0. The Labute approximate surface area is 78.6 Å². The number of hydrazine groups is 1. The second kappa shape index (κ2) is 3.01. The summed E-state index contributed by atoms with van der Waals surface area (Å²) in [4.78, 5) is 4.11. The predicted molar refractivity (Wildman–Crippen MR) is 52.1 cm³/mol. The van der Waals surface area contributed by atoms with Crippen LogP contribution >= 0.6 is 11.3 Å². The first-order valence-corrected chi connectivity index (χ1v) is 4.47. The first kappa shape index (κ1) is 7.98. The van der Waals surface area contributed by atoms with Gasteiger partial charge >= 0.3 is 0 Å².